The number of benzene rings is 3. The third-order valence-corrected chi connectivity index (χ3v) is 7.41. The normalized spacial score (nSPS) is 15.4. The molecule has 1 N–H and O–H groups in total. The van der Waals surface area contributed by atoms with Crippen molar-refractivity contribution in [2.24, 2.45) is 5.92 Å². The van der Waals surface area contributed by atoms with Gasteiger partial charge in [-0.2, -0.15) is 5.26 Å². The van der Waals surface area contributed by atoms with Crippen LogP contribution >= 0.6 is 11.6 Å². The Morgan fingerprint density at radius 3 is 2.69 bits per heavy atom. The van der Waals surface area contributed by atoms with Crippen molar-refractivity contribution in [2.45, 2.75) is 45.4 Å². The van der Waals surface area contributed by atoms with E-state index < -0.39 is 0 Å². The van der Waals surface area contributed by atoms with E-state index in [0.29, 0.717) is 40.6 Å². The highest BCUT2D eigenvalue weighted by Crippen LogP contribution is 2.32. The highest BCUT2D eigenvalue weighted by atomic mass is 35.5. The number of halogens is 1. The Bertz CT molecular complexity index is 1460. The Kier molecular flexibility index (Phi) is 6.80. The highest BCUT2D eigenvalue weighted by Gasteiger charge is 2.19. The molecule has 4 aromatic rings. The molecule has 1 aliphatic rings. The molecule has 1 unspecified atom stereocenters. The molecule has 1 atom stereocenters. The van der Waals surface area contributed by atoms with E-state index in [0.717, 1.165) is 41.8 Å². The monoisotopic (exact) mass is 497 g/mol. The van der Waals surface area contributed by atoms with Crippen molar-refractivity contribution < 1.29 is 9.21 Å². The minimum atomic E-state index is -0.0836. The van der Waals surface area contributed by atoms with Crippen molar-refractivity contribution in [1.82, 2.24) is 10.3 Å². The minimum Gasteiger partial charge on any atom is -0.436 e. The first-order valence-electron chi connectivity index (χ1n) is 12.4. The number of amides is 1. The lowest BCUT2D eigenvalue weighted by Crippen LogP contribution is -2.29. The molecule has 0 bridgehead atoms. The smallest absolute Gasteiger partial charge is 0.251 e. The molecular weight excluding hydrogens is 470 g/mol. The molecule has 0 fully saturated rings. The van der Waals surface area contributed by atoms with Crippen molar-refractivity contribution in [3.8, 4) is 17.5 Å². The third-order valence-electron chi connectivity index (χ3n) is 7.06. The average Bonchev–Trinajstić information content (AvgIpc) is 3.20. The van der Waals surface area contributed by atoms with Crippen LogP contribution in [0.3, 0.4) is 0 Å². The average molecular weight is 498 g/mol. The van der Waals surface area contributed by atoms with Gasteiger partial charge in [-0.25, -0.2) is 4.98 Å². The number of nitrogens with zero attached hydrogens (tertiary/aromatic N) is 2. The molecule has 1 amide bonds. The van der Waals surface area contributed by atoms with Gasteiger partial charge in [0.25, 0.3) is 5.91 Å². The van der Waals surface area contributed by atoms with Gasteiger partial charge in [-0.15, -0.1) is 0 Å². The standard InChI is InChI=1S/C30H28ClN3O2/c1-18(2)25-14-20(16-32)15-27-28(25)36-30(34-27)23-11-9-22(10-12-23)29(35)33-17-19-6-8-21-4-3-5-26(31)24(21)13-7-19/h3-5,9-12,14-15,18-19H,6-8,13,17H2,1-2H3,(H,33,35). The molecule has 5 rings (SSSR count). The summed E-state index contributed by atoms with van der Waals surface area (Å²) in [6.07, 6.45) is 3.99. The van der Waals surface area contributed by atoms with E-state index in [-0.39, 0.29) is 11.8 Å². The molecule has 0 spiro atoms. The number of nitrogens with one attached hydrogen (secondary N) is 1. The van der Waals surface area contributed by atoms with Gasteiger partial charge in [0.15, 0.2) is 5.58 Å². The first-order chi connectivity index (χ1) is 17.4. The van der Waals surface area contributed by atoms with Gasteiger partial charge in [-0.3, -0.25) is 4.79 Å². The van der Waals surface area contributed by atoms with Crippen molar-refractivity contribution in [2.75, 3.05) is 6.54 Å². The fourth-order valence-corrected chi connectivity index (χ4v) is 5.24. The molecule has 182 valence electrons. The van der Waals surface area contributed by atoms with Gasteiger partial charge in [0.1, 0.15) is 5.52 Å². The van der Waals surface area contributed by atoms with E-state index in [1.54, 1.807) is 18.2 Å². The van der Waals surface area contributed by atoms with Gasteiger partial charge in [-0.05, 0) is 91.1 Å². The molecule has 0 aliphatic heterocycles. The molecule has 1 aliphatic carbocycles. The summed E-state index contributed by atoms with van der Waals surface area (Å²) in [5.74, 6) is 1.02. The molecular formula is C30H28ClN3O2. The number of oxazole rings is 1. The molecule has 0 saturated carbocycles. The van der Waals surface area contributed by atoms with Crippen molar-refractivity contribution in [3.63, 3.8) is 0 Å². The van der Waals surface area contributed by atoms with E-state index in [1.807, 2.05) is 30.3 Å². The van der Waals surface area contributed by atoms with Gasteiger partial charge in [0, 0.05) is 28.3 Å². The van der Waals surface area contributed by atoms with Crippen LogP contribution in [-0.2, 0) is 12.8 Å². The summed E-state index contributed by atoms with van der Waals surface area (Å²) >= 11 is 6.39. The predicted octanol–water partition coefficient (Wildman–Crippen LogP) is 7.07. The van der Waals surface area contributed by atoms with E-state index in [2.05, 4.69) is 36.3 Å². The largest absolute Gasteiger partial charge is 0.436 e. The Morgan fingerprint density at radius 1 is 1.17 bits per heavy atom. The van der Waals surface area contributed by atoms with Gasteiger partial charge >= 0.3 is 0 Å². The zero-order valence-electron chi connectivity index (χ0n) is 20.5. The lowest BCUT2D eigenvalue weighted by molar-refractivity contribution is 0.0946. The van der Waals surface area contributed by atoms with E-state index in [9.17, 15) is 10.1 Å². The van der Waals surface area contributed by atoms with Gasteiger partial charge in [-0.1, -0.05) is 37.6 Å². The van der Waals surface area contributed by atoms with Crippen LogP contribution in [0.1, 0.15) is 65.2 Å². The van der Waals surface area contributed by atoms with Crippen molar-refractivity contribution in [3.05, 3.63) is 87.4 Å². The Morgan fingerprint density at radius 2 is 1.94 bits per heavy atom. The zero-order chi connectivity index (χ0) is 25.2. The summed E-state index contributed by atoms with van der Waals surface area (Å²) in [7, 11) is 0. The Hall–Kier alpha value is -3.62. The number of fused-ring (bicyclic) bond motifs is 2. The maximum atomic E-state index is 12.8. The lowest BCUT2D eigenvalue weighted by atomic mass is 9.99. The Labute approximate surface area is 216 Å². The highest BCUT2D eigenvalue weighted by molar-refractivity contribution is 6.31. The second-order valence-corrected chi connectivity index (χ2v) is 10.2. The van der Waals surface area contributed by atoms with Crippen LogP contribution in [0.25, 0.3) is 22.6 Å². The van der Waals surface area contributed by atoms with E-state index >= 15 is 0 Å². The zero-order valence-corrected chi connectivity index (χ0v) is 21.2. The number of aryl methyl sites for hydroxylation is 1. The van der Waals surface area contributed by atoms with Crippen LogP contribution in [0.15, 0.2) is 59.0 Å². The maximum absolute atomic E-state index is 12.8. The van der Waals surface area contributed by atoms with Gasteiger partial charge in [0.05, 0.1) is 11.6 Å². The molecule has 5 nitrogen and oxygen atoms in total. The molecule has 3 aromatic carbocycles. The first kappa shape index (κ1) is 24.1. The van der Waals surface area contributed by atoms with Crippen LogP contribution in [0.2, 0.25) is 5.02 Å². The van der Waals surface area contributed by atoms with Gasteiger partial charge < -0.3 is 9.73 Å². The van der Waals surface area contributed by atoms with Crippen LogP contribution in [0, 0.1) is 17.2 Å². The summed E-state index contributed by atoms with van der Waals surface area (Å²) < 4.78 is 6.09. The lowest BCUT2D eigenvalue weighted by Gasteiger charge is -2.15. The minimum absolute atomic E-state index is 0.0836. The summed E-state index contributed by atoms with van der Waals surface area (Å²) in [6, 6.07) is 19.2. The number of nitriles is 1. The fraction of sp³-hybridized carbons (Fsp3) is 0.300. The number of rotatable bonds is 5. The SMILES string of the molecule is CC(C)c1cc(C#N)cc2nc(-c3ccc(C(=O)NCC4CCc5cccc(Cl)c5CC4)cc3)oc12. The summed E-state index contributed by atoms with van der Waals surface area (Å²) in [4.78, 5) is 17.4. The number of aromatic nitrogens is 1. The molecule has 1 aromatic heterocycles. The molecule has 1 heterocycles. The topological polar surface area (TPSA) is 78.9 Å². The number of carbonyl (C=O) groups is 1. The second-order valence-electron chi connectivity index (χ2n) is 9.81. The van der Waals surface area contributed by atoms with Crippen LogP contribution in [0.5, 0.6) is 0 Å². The molecule has 36 heavy (non-hydrogen) atoms. The number of hydrogen-bond acceptors (Lipinski definition) is 4. The van der Waals surface area contributed by atoms with Crippen LogP contribution in [-0.4, -0.2) is 17.4 Å². The van der Waals surface area contributed by atoms with E-state index in [1.165, 1.54) is 11.1 Å². The quantitative estimate of drug-likeness (QED) is 0.299. The van der Waals surface area contributed by atoms with Gasteiger partial charge in [0.2, 0.25) is 5.89 Å². The van der Waals surface area contributed by atoms with Crippen molar-refractivity contribution in [1.29, 1.82) is 5.26 Å². The predicted molar refractivity (Wildman–Crippen MR) is 142 cm³/mol. The summed E-state index contributed by atoms with van der Waals surface area (Å²) in [6.45, 7) is 4.78. The number of carbonyl (C=O) groups excluding carboxylic acids is 1. The maximum Gasteiger partial charge on any atom is 0.251 e. The third kappa shape index (κ3) is 4.87. The van der Waals surface area contributed by atoms with Crippen LogP contribution in [0.4, 0.5) is 0 Å². The van der Waals surface area contributed by atoms with E-state index in [4.69, 9.17) is 16.0 Å². The molecule has 0 saturated heterocycles. The summed E-state index contributed by atoms with van der Waals surface area (Å²) in [5, 5.41) is 13.3. The molecule has 6 heteroatoms. The first-order valence-corrected chi connectivity index (χ1v) is 12.8. The Balaban J connectivity index is 1.25. The van der Waals surface area contributed by atoms with Crippen LogP contribution < -0.4 is 5.32 Å². The van der Waals surface area contributed by atoms with Crippen molar-refractivity contribution >= 4 is 28.6 Å². The second kappa shape index (κ2) is 10.2. The fourth-order valence-electron chi connectivity index (χ4n) is 4.95. The number of hydrogen-bond donors (Lipinski definition) is 1. The molecule has 0 radical (unpaired) electrons. The summed E-state index contributed by atoms with van der Waals surface area (Å²) in [5.41, 5.74) is 6.87.